The molecule has 0 amide bonds. The Bertz CT molecular complexity index is 365. The summed E-state index contributed by atoms with van der Waals surface area (Å²) in [4.78, 5) is 2.18. The van der Waals surface area contributed by atoms with Crippen molar-refractivity contribution >= 4 is 5.69 Å². The Kier molecular flexibility index (Phi) is 5.44. The summed E-state index contributed by atoms with van der Waals surface area (Å²) in [5, 5.41) is 0. The standard InChI is InChI=1S/C14H24N2O2/c1-5-14(10-15,11-17-3)16(2)12-7-6-8-13(9-12)18-4/h6-9H,5,10-11,15H2,1-4H3. The molecule has 0 saturated carbocycles. The Balaban J connectivity index is 3.04. The third-order valence-electron chi connectivity index (χ3n) is 3.60. The second kappa shape index (κ2) is 6.61. The fourth-order valence-corrected chi connectivity index (χ4v) is 2.14. The van der Waals surface area contributed by atoms with E-state index < -0.39 is 0 Å². The molecule has 0 aliphatic carbocycles. The highest BCUT2D eigenvalue weighted by molar-refractivity contribution is 5.52. The van der Waals surface area contributed by atoms with Crippen LogP contribution in [-0.4, -0.2) is 40.0 Å². The third-order valence-corrected chi connectivity index (χ3v) is 3.60. The highest BCUT2D eigenvalue weighted by Crippen LogP contribution is 2.27. The summed E-state index contributed by atoms with van der Waals surface area (Å²) in [5.74, 6) is 0.846. The van der Waals surface area contributed by atoms with Gasteiger partial charge in [-0.15, -0.1) is 0 Å². The zero-order chi connectivity index (χ0) is 13.6. The minimum atomic E-state index is -0.179. The van der Waals surface area contributed by atoms with Gasteiger partial charge in [0.1, 0.15) is 5.75 Å². The van der Waals surface area contributed by atoms with E-state index in [-0.39, 0.29) is 5.54 Å². The fraction of sp³-hybridized carbons (Fsp3) is 0.571. The number of rotatable bonds is 7. The molecular formula is C14H24N2O2. The molecule has 4 heteroatoms. The van der Waals surface area contributed by atoms with Crippen molar-refractivity contribution in [3.05, 3.63) is 24.3 Å². The first-order valence-corrected chi connectivity index (χ1v) is 6.20. The van der Waals surface area contributed by atoms with E-state index in [9.17, 15) is 0 Å². The van der Waals surface area contributed by atoms with Crippen LogP contribution in [0.3, 0.4) is 0 Å². The van der Waals surface area contributed by atoms with E-state index >= 15 is 0 Å². The van der Waals surface area contributed by atoms with Crippen molar-refractivity contribution in [3.8, 4) is 5.75 Å². The van der Waals surface area contributed by atoms with E-state index in [1.807, 2.05) is 25.2 Å². The monoisotopic (exact) mass is 252 g/mol. The van der Waals surface area contributed by atoms with Gasteiger partial charge < -0.3 is 20.1 Å². The van der Waals surface area contributed by atoms with Crippen LogP contribution in [0, 0.1) is 0 Å². The van der Waals surface area contributed by atoms with Gasteiger partial charge in [0.2, 0.25) is 0 Å². The van der Waals surface area contributed by atoms with E-state index in [1.165, 1.54) is 0 Å². The molecule has 1 rings (SSSR count). The van der Waals surface area contributed by atoms with Crippen LogP contribution >= 0.6 is 0 Å². The summed E-state index contributed by atoms with van der Waals surface area (Å²) < 4.78 is 10.6. The minimum Gasteiger partial charge on any atom is -0.497 e. The average Bonchev–Trinajstić information content (AvgIpc) is 2.44. The molecule has 1 aromatic carbocycles. The van der Waals surface area contributed by atoms with Crippen LogP contribution in [0.5, 0.6) is 5.75 Å². The quantitative estimate of drug-likeness (QED) is 0.805. The fourth-order valence-electron chi connectivity index (χ4n) is 2.14. The number of hydrogen-bond donors (Lipinski definition) is 1. The molecule has 0 radical (unpaired) electrons. The Hall–Kier alpha value is -1.26. The number of nitrogens with two attached hydrogens (primary N) is 1. The molecule has 1 atom stereocenters. The first-order valence-electron chi connectivity index (χ1n) is 6.20. The molecule has 0 bridgehead atoms. The Labute approximate surface area is 110 Å². The van der Waals surface area contributed by atoms with Gasteiger partial charge in [0.25, 0.3) is 0 Å². The lowest BCUT2D eigenvalue weighted by molar-refractivity contribution is 0.130. The first kappa shape index (κ1) is 14.8. The van der Waals surface area contributed by atoms with Crippen LogP contribution in [0.1, 0.15) is 13.3 Å². The van der Waals surface area contributed by atoms with Crippen molar-refractivity contribution in [3.63, 3.8) is 0 Å². The number of nitrogens with zero attached hydrogens (tertiary/aromatic N) is 1. The van der Waals surface area contributed by atoms with Crippen molar-refractivity contribution in [2.24, 2.45) is 5.73 Å². The predicted molar refractivity (Wildman–Crippen MR) is 75.3 cm³/mol. The Morgan fingerprint density at radius 3 is 2.56 bits per heavy atom. The summed E-state index contributed by atoms with van der Waals surface area (Å²) >= 11 is 0. The molecule has 102 valence electrons. The largest absolute Gasteiger partial charge is 0.497 e. The van der Waals surface area contributed by atoms with E-state index in [0.717, 1.165) is 17.9 Å². The van der Waals surface area contributed by atoms with Crippen LogP contribution in [0.2, 0.25) is 0 Å². The molecule has 0 aromatic heterocycles. The van der Waals surface area contributed by atoms with Crippen molar-refractivity contribution in [1.29, 1.82) is 0 Å². The second-order valence-electron chi connectivity index (χ2n) is 4.48. The maximum Gasteiger partial charge on any atom is 0.120 e. The number of benzene rings is 1. The smallest absolute Gasteiger partial charge is 0.120 e. The van der Waals surface area contributed by atoms with Gasteiger partial charge in [-0.25, -0.2) is 0 Å². The zero-order valence-corrected chi connectivity index (χ0v) is 11.8. The van der Waals surface area contributed by atoms with Crippen LogP contribution in [0.4, 0.5) is 5.69 Å². The summed E-state index contributed by atoms with van der Waals surface area (Å²) in [5.41, 5.74) is 6.86. The minimum absolute atomic E-state index is 0.179. The average molecular weight is 252 g/mol. The second-order valence-corrected chi connectivity index (χ2v) is 4.48. The maximum atomic E-state index is 5.96. The lowest BCUT2D eigenvalue weighted by atomic mass is 9.94. The predicted octanol–water partition coefficient (Wildman–Crippen LogP) is 1.89. The zero-order valence-electron chi connectivity index (χ0n) is 11.8. The number of likely N-dealkylation sites (N-methyl/N-ethyl adjacent to an activating group) is 1. The van der Waals surface area contributed by atoms with Crippen LogP contribution < -0.4 is 15.4 Å². The molecule has 4 nitrogen and oxygen atoms in total. The van der Waals surface area contributed by atoms with E-state index in [1.54, 1.807) is 14.2 Å². The summed E-state index contributed by atoms with van der Waals surface area (Å²) in [6.07, 6.45) is 0.922. The van der Waals surface area contributed by atoms with Gasteiger partial charge in [-0.3, -0.25) is 0 Å². The molecule has 2 N–H and O–H groups in total. The van der Waals surface area contributed by atoms with Gasteiger partial charge in [-0.1, -0.05) is 13.0 Å². The number of anilines is 1. The SMILES string of the molecule is CCC(CN)(COC)N(C)c1cccc(OC)c1. The van der Waals surface area contributed by atoms with Crippen molar-refractivity contribution in [2.45, 2.75) is 18.9 Å². The molecule has 0 spiro atoms. The van der Waals surface area contributed by atoms with Crippen molar-refractivity contribution in [2.75, 3.05) is 39.3 Å². The van der Waals surface area contributed by atoms with Crippen molar-refractivity contribution < 1.29 is 9.47 Å². The molecule has 0 saturated heterocycles. The summed E-state index contributed by atoms with van der Waals surface area (Å²) in [6, 6.07) is 7.98. The lowest BCUT2D eigenvalue weighted by Crippen LogP contribution is -2.55. The van der Waals surface area contributed by atoms with Gasteiger partial charge in [-0.05, 0) is 18.6 Å². The maximum absolute atomic E-state index is 5.96. The summed E-state index contributed by atoms with van der Waals surface area (Å²) in [6.45, 7) is 3.28. The highest BCUT2D eigenvalue weighted by atomic mass is 16.5. The Morgan fingerprint density at radius 2 is 2.06 bits per heavy atom. The Morgan fingerprint density at radius 1 is 1.33 bits per heavy atom. The van der Waals surface area contributed by atoms with Gasteiger partial charge in [0, 0.05) is 32.5 Å². The molecule has 0 aliphatic rings. The van der Waals surface area contributed by atoms with Crippen molar-refractivity contribution in [1.82, 2.24) is 0 Å². The number of methoxy groups -OCH3 is 2. The van der Waals surface area contributed by atoms with Crippen LogP contribution in [0.25, 0.3) is 0 Å². The topological polar surface area (TPSA) is 47.7 Å². The van der Waals surface area contributed by atoms with Crippen LogP contribution in [0.15, 0.2) is 24.3 Å². The third kappa shape index (κ3) is 2.94. The van der Waals surface area contributed by atoms with E-state index in [2.05, 4.69) is 17.9 Å². The van der Waals surface area contributed by atoms with E-state index in [0.29, 0.717) is 13.2 Å². The molecule has 0 heterocycles. The highest BCUT2D eigenvalue weighted by Gasteiger charge is 2.31. The molecule has 1 unspecified atom stereocenters. The molecule has 1 aromatic rings. The number of ether oxygens (including phenoxy) is 2. The van der Waals surface area contributed by atoms with Gasteiger partial charge in [-0.2, -0.15) is 0 Å². The summed E-state index contributed by atoms with van der Waals surface area (Å²) in [7, 11) is 5.42. The van der Waals surface area contributed by atoms with Crippen LogP contribution in [-0.2, 0) is 4.74 Å². The van der Waals surface area contributed by atoms with Gasteiger partial charge >= 0.3 is 0 Å². The normalized spacial score (nSPS) is 14.1. The first-order chi connectivity index (χ1) is 8.63. The molecule has 0 fully saturated rings. The van der Waals surface area contributed by atoms with E-state index in [4.69, 9.17) is 15.2 Å². The molecule has 0 aliphatic heterocycles. The molecule has 18 heavy (non-hydrogen) atoms. The lowest BCUT2D eigenvalue weighted by Gasteiger charge is -2.41. The van der Waals surface area contributed by atoms with Gasteiger partial charge in [0.05, 0.1) is 19.3 Å². The number of hydrogen-bond acceptors (Lipinski definition) is 4. The van der Waals surface area contributed by atoms with Gasteiger partial charge in [0.15, 0.2) is 0 Å². The molecular weight excluding hydrogens is 228 g/mol.